The topological polar surface area (TPSA) is 87.0 Å². The Kier molecular flexibility index (Phi) is 3.96. The van der Waals surface area contributed by atoms with Crippen molar-refractivity contribution in [1.82, 2.24) is 9.97 Å². The maximum atomic E-state index is 13.0. The van der Waals surface area contributed by atoms with E-state index >= 15 is 0 Å². The van der Waals surface area contributed by atoms with Crippen LogP contribution in [0.5, 0.6) is 0 Å². The number of sulfone groups is 1. The van der Waals surface area contributed by atoms with Crippen LogP contribution in [0.25, 0.3) is 0 Å². The van der Waals surface area contributed by atoms with Gasteiger partial charge >= 0.3 is 0 Å². The third kappa shape index (κ3) is 3.00. The second-order valence-corrected chi connectivity index (χ2v) is 7.47. The van der Waals surface area contributed by atoms with E-state index in [0.717, 1.165) is 12.1 Å². The van der Waals surface area contributed by atoms with Crippen molar-refractivity contribution in [3.05, 3.63) is 48.0 Å². The van der Waals surface area contributed by atoms with Gasteiger partial charge in [0.2, 0.25) is 5.95 Å². The average molecular weight is 332 g/mol. The quantitative estimate of drug-likeness (QED) is 0.793. The molecule has 0 N–H and O–H groups in total. The van der Waals surface area contributed by atoms with Crippen molar-refractivity contribution in [2.45, 2.75) is 16.6 Å². The van der Waals surface area contributed by atoms with Crippen LogP contribution in [0, 0.1) is 17.1 Å². The van der Waals surface area contributed by atoms with Crippen molar-refractivity contribution >= 4 is 15.8 Å². The lowest BCUT2D eigenvalue weighted by atomic mass is 10.3. The third-order valence-electron chi connectivity index (χ3n) is 3.78. The lowest BCUT2D eigenvalue weighted by Crippen LogP contribution is -2.28. The molecular weight excluding hydrogens is 319 g/mol. The van der Waals surface area contributed by atoms with Crippen LogP contribution in [0.3, 0.4) is 0 Å². The Hall–Kier alpha value is -2.53. The predicted molar refractivity (Wildman–Crippen MR) is 81.0 cm³/mol. The van der Waals surface area contributed by atoms with E-state index in [1.54, 1.807) is 4.90 Å². The molecule has 0 radical (unpaired) electrons. The zero-order valence-corrected chi connectivity index (χ0v) is 12.9. The normalized spacial score (nSPS) is 17.9. The second-order valence-electron chi connectivity index (χ2n) is 5.24. The minimum absolute atomic E-state index is 0.117. The minimum atomic E-state index is -3.53. The summed E-state index contributed by atoms with van der Waals surface area (Å²) in [6.07, 6.45) is 3.26. The van der Waals surface area contributed by atoms with Gasteiger partial charge in [0.05, 0.1) is 28.1 Å². The van der Waals surface area contributed by atoms with E-state index in [-0.39, 0.29) is 11.4 Å². The minimum Gasteiger partial charge on any atom is -0.339 e. The van der Waals surface area contributed by atoms with Crippen LogP contribution in [-0.4, -0.2) is 36.7 Å². The number of nitrogens with zero attached hydrogens (tertiary/aromatic N) is 4. The maximum absolute atomic E-state index is 13.0. The SMILES string of the molecule is N#Cc1cnc(N2CCC(S(=O)(=O)c3ccc(F)cc3)C2)nc1. The Bertz CT molecular complexity index is 845. The molecule has 6 nitrogen and oxygen atoms in total. The maximum Gasteiger partial charge on any atom is 0.225 e. The van der Waals surface area contributed by atoms with Crippen LogP contribution < -0.4 is 4.90 Å². The summed E-state index contributed by atoms with van der Waals surface area (Å²) < 4.78 is 38.1. The number of anilines is 1. The summed E-state index contributed by atoms with van der Waals surface area (Å²) in [4.78, 5) is 10.0. The van der Waals surface area contributed by atoms with Crippen molar-refractivity contribution in [2.24, 2.45) is 0 Å². The van der Waals surface area contributed by atoms with Crippen molar-refractivity contribution < 1.29 is 12.8 Å². The zero-order valence-electron chi connectivity index (χ0n) is 12.1. The van der Waals surface area contributed by atoms with E-state index < -0.39 is 20.9 Å². The molecule has 1 aliphatic heterocycles. The first-order valence-corrected chi connectivity index (χ1v) is 8.52. The van der Waals surface area contributed by atoms with E-state index in [9.17, 15) is 12.8 Å². The summed E-state index contributed by atoms with van der Waals surface area (Å²) in [6.45, 7) is 0.780. The fraction of sp³-hybridized carbons (Fsp3) is 0.267. The van der Waals surface area contributed by atoms with Gasteiger partial charge in [0, 0.05) is 13.1 Å². The molecule has 1 atom stereocenters. The number of aromatic nitrogens is 2. The van der Waals surface area contributed by atoms with Gasteiger partial charge in [0.1, 0.15) is 11.9 Å². The molecule has 3 rings (SSSR count). The third-order valence-corrected chi connectivity index (χ3v) is 5.97. The van der Waals surface area contributed by atoms with Crippen LogP contribution >= 0.6 is 0 Å². The molecule has 1 fully saturated rings. The fourth-order valence-corrected chi connectivity index (χ4v) is 4.21. The molecule has 2 heterocycles. The molecule has 0 bridgehead atoms. The molecule has 2 aromatic rings. The molecule has 0 amide bonds. The number of nitriles is 1. The molecule has 1 aromatic heterocycles. The van der Waals surface area contributed by atoms with Gasteiger partial charge in [0.25, 0.3) is 0 Å². The summed E-state index contributed by atoms with van der Waals surface area (Å²) in [5, 5.41) is 8.15. The second kappa shape index (κ2) is 5.93. The first-order chi connectivity index (χ1) is 11.0. The van der Waals surface area contributed by atoms with E-state index in [1.165, 1.54) is 24.5 Å². The van der Waals surface area contributed by atoms with Gasteiger partial charge in [-0.25, -0.2) is 22.8 Å². The molecule has 0 aliphatic carbocycles. The highest BCUT2D eigenvalue weighted by Gasteiger charge is 2.35. The molecule has 8 heteroatoms. The number of hydrogen-bond acceptors (Lipinski definition) is 6. The molecule has 1 aliphatic rings. The monoisotopic (exact) mass is 332 g/mol. The lowest BCUT2D eigenvalue weighted by molar-refractivity contribution is 0.582. The summed E-state index contributed by atoms with van der Waals surface area (Å²) >= 11 is 0. The highest BCUT2D eigenvalue weighted by molar-refractivity contribution is 7.92. The summed E-state index contributed by atoms with van der Waals surface area (Å²) in [6, 6.07) is 6.78. The van der Waals surface area contributed by atoms with Gasteiger partial charge in [-0.05, 0) is 30.7 Å². The van der Waals surface area contributed by atoms with Gasteiger partial charge < -0.3 is 4.90 Å². The molecule has 23 heavy (non-hydrogen) atoms. The lowest BCUT2D eigenvalue weighted by Gasteiger charge is -2.16. The Balaban J connectivity index is 1.78. The van der Waals surface area contributed by atoms with Gasteiger partial charge in [-0.1, -0.05) is 0 Å². The van der Waals surface area contributed by atoms with Gasteiger partial charge in [0.15, 0.2) is 9.84 Å². The first kappa shape index (κ1) is 15.4. The van der Waals surface area contributed by atoms with Crippen LogP contribution in [0.2, 0.25) is 0 Å². The molecule has 1 saturated heterocycles. The van der Waals surface area contributed by atoms with E-state index in [4.69, 9.17) is 5.26 Å². The van der Waals surface area contributed by atoms with Crippen molar-refractivity contribution in [3.8, 4) is 6.07 Å². The van der Waals surface area contributed by atoms with Gasteiger partial charge in [-0.3, -0.25) is 0 Å². The van der Waals surface area contributed by atoms with E-state index in [0.29, 0.717) is 24.5 Å². The Morgan fingerprint density at radius 2 is 1.87 bits per heavy atom. The molecular formula is C15H13FN4O2S. The predicted octanol–water partition coefficient (Wildman–Crippen LogP) is 1.54. The molecule has 1 unspecified atom stereocenters. The van der Waals surface area contributed by atoms with Gasteiger partial charge in [-0.2, -0.15) is 5.26 Å². The van der Waals surface area contributed by atoms with Crippen LogP contribution in [-0.2, 0) is 9.84 Å². The molecule has 0 saturated carbocycles. The number of hydrogen-bond donors (Lipinski definition) is 0. The number of benzene rings is 1. The zero-order chi connectivity index (χ0) is 16.4. The van der Waals surface area contributed by atoms with Crippen molar-refractivity contribution in [1.29, 1.82) is 5.26 Å². The van der Waals surface area contributed by atoms with Crippen molar-refractivity contribution in [2.75, 3.05) is 18.0 Å². The van der Waals surface area contributed by atoms with Crippen LogP contribution in [0.4, 0.5) is 10.3 Å². The molecule has 0 spiro atoms. The van der Waals surface area contributed by atoms with Crippen LogP contribution in [0.15, 0.2) is 41.6 Å². The van der Waals surface area contributed by atoms with Crippen LogP contribution in [0.1, 0.15) is 12.0 Å². The molecule has 118 valence electrons. The Morgan fingerprint density at radius 1 is 1.22 bits per heavy atom. The highest BCUT2D eigenvalue weighted by atomic mass is 32.2. The molecule has 1 aromatic carbocycles. The highest BCUT2D eigenvalue weighted by Crippen LogP contribution is 2.26. The number of rotatable bonds is 3. The van der Waals surface area contributed by atoms with Gasteiger partial charge in [-0.15, -0.1) is 0 Å². The number of halogens is 1. The van der Waals surface area contributed by atoms with Crippen molar-refractivity contribution in [3.63, 3.8) is 0 Å². The fourth-order valence-electron chi connectivity index (χ4n) is 2.52. The van der Waals surface area contributed by atoms with E-state index in [2.05, 4.69) is 9.97 Å². The van der Waals surface area contributed by atoms with E-state index in [1.807, 2.05) is 6.07 Å². The summed E-state index contributed by atoms with van der Waals surface area (Å²) in [7, 11) is -3.53. The Labute approximate surface area is 133 Å². The average Bonchev–Trinajstić information content (AvgIpc) is 3.06. The standard InChI is InChI=1S/C15H13FN4O2S/c16-12-1-3-13(4-2-12)23(21,22)14-5-6-20(10-14)15-18-8-11(7-17)9-19-15/h1-4,8-9,14H,5-6,10H2. The smallest absolute Gasteiger partial charge is 0.225 e. The first-order valence-electron chi connectivity index (χ1n) is 6.97. The largest absolute Gasteiger partial charge is 0.339 e. The summed E-state index contributed by atoms with van der Waals surface area (Å²) in [5.41, 5.74) is 0.350. The Morgan fingerprint density at radius 3 is 2.48 bits per heavy atom. The summed E-state index contributed by atoms with van der Waals surface area (Å²) in [5.74, 6) is -0.0659.